The number of carbonyl (C=O) groups excluding carboxylic acids is 1. The smallest absolute Gasteiger partial charge is 0.303 e. The lowest BCUT2D eigenvalue weighted by molar-refractivity contribution is -0.176. The highest BCUT2D eigenvalue weighted by molar-refractivity contribution is 5.67. The van der Waals surface area contributed by atoms with Gasteiger partial charge in [-0.05, 0) is 25.5 Å². The monoisotopic (exact) mass is 289 g/mol. The van der Waals surface area contributed by atoms with E-state index in [2.05, 4.69) is 37.8 Å². The van der Waals surface area contributed by atoms with Crippen molar-refractivity contribution in [1.29, 1.82) is 0 Å². The number of carbonyl (C=O) groups is 1. The van der Waals surface area contributed by atoms with Crippen molar-refractivity contribution in [2.24, 2.45) is 5.92 Å². The molecule has 1 aliphatic rings. The van der Waals surface area contributed by atoms with Gasteiger partial charge in [-0.1, -0.05) is 44.2 Å². The number of hydrogen-bond acceptors (Lipinski definition) is 3. The molecule has 0 aliphatic carbocycles. The first-order chi connectivity index (χ1) is 9.99. The van der Waals surface area contributed by atoms with Gasteiger partial charge < -0.3 is 9.64 Å². The fourth-order valence-corrected chi connectivity index (χ4v) is 3.63. The predicted molar refractivity (Wildman–Crippen MR) is 85.0 cm³/mol. The van der Waals surface area contributed by atoms with E-state index < -0.39 is 5.60 Å². The first-order valence-corrected chi connectivity index (χ1v) is 7.98. The average Bonchev–Trinajstić information content (AvgIpc) is 2.45. The van der Waals surface area contributed by atoms with Gasteiger partial charge in [0.1, 0.15) is 5.60 Å². The maximum atomic E-state index is 11.7. The van der Waals surface area contributed by atoms with E-state index in [1.54, 1.807) is 0 Å². The van der Waals surface area contributed by atoms with Gasteiger partial charge in [-0.25, -0.2) is 0 Å². The second kappa shape index (κ2) is 6.61. The molecule has 3 atom stereocenters. The molecule has 0 amide bonds. The summed E-state index contributed by atoms with van der Waals surface area (Å²) in [6.45, 7) is 10.2. The van der Waals surface area contributed by atoms with Crippen molar-refractivity contribution in [3.05, 3.63) is 35.9 Å². The van der Waals surface area contributed by atoms with Crippen molar-refractivity contribution in [3.8, 4) is 0 Å². The second-order valence-corrected chi connectivity index (χ2v) is 6.30. The lowest BCUT2D eigenvalue weighted by atomic mass is 9.74. The topological polar surface area (TPSA) is 29.5 Å². The third kappa shape index (κ3) is 3.29. The Balaban J connectivity index is 2.35. The first-order valence-electron chi connectivity index (χ1n) is 7.98. The van der Waals surface area contributed by atoms with Crippen molar-refractivity contribution in [1.82, 2.24) is 4.90 Å². The number of nitrogens with zero attached hydrogens (tertiary/aromatic N) is 1. The van der Waals surface area contributed by atoms with Crippen LogP contribution in [0.5, 0.6) is 0 Å². The Labute approximate surface area is 128 Å². The van der Waals surface area contributed by atoms with Gasteiger partial charge in [-0.3, -0.25) is 4.79 Å². The molecule has 116 valence electrons. The van der Waals surface area contributed by atoms with Crippen LogP contribution in [0.4, 0.5) is 0 Å². The summed E-state index contributed by atoms with van der Waals surface area (Å²) in [5.74, 6) is 0.0911. The highest BCUT2D eigenvalue weighted by atomic mass is 16.6. The van der Waals surface area contributed by atoms with Crippen LogP contribution in [0.25, 0.3) is 0 Å². The molecule has 0 bridgehead atoms. The lowest BCUT2D eigenvalue weighted by Crippen LogP contribution is -2.54. The summed E-state index contributed by atoms with van der Waals surface area (Å²) < 4.78 is 5.91. The molecule has 1 heterocycles. The Morgan fingerprint density at radius 2 is 2.00 bits per heavy atom. The van der Waals surface area contributed by atoms with Crippen LogP contribution in [-0.4, -0.2) is 30.0 Å². The van der Waals surface area contributed by atoms with Crippen LogP contribution in [-0.2, 0) is 15.1 Å². The van der Waals surface area contributed by atoms with E-state index in [0.29, 0.717) is 6.04 Å². The number of rotatable bonds is 4. The van der Waals surface area contributed by atoms with Crippen LogP contribution in [0.15, 0.2) is 30.3 Å². The van der Waals surface area contributed by atoms with Crippen molar-refractivity contribution in [2.75, 3.05) is 13.1 Å². The van der Waals surface area contributed by atoms with E-state index in [1.165, 1.54) is 6.92 Å². The molecule has 1 saturated heterocycles. The van der Waals surface area contributed by atoms with Crippen molar-refractivity contribution < 1.29 is 9.53 Å². The molecule has 0 saturated carbocycles. The average molecular weight is 289 g/mol. The zero-order chi connectivity index (χ0) is 15.5. The highest BCUT2D eigenvalue weighted by Gasteiger charge is 2.47. The lowest BCUT2D eigenvalue weighted by Gasteiger charge is -2.49. The molecule has 0 spiro atoms. The van der Waals surface area contributed by atoms with Crippen molar-refractivity contribution in [2.45, 2.75) is 52.2 Å². The Morgan fingerprint density at radius 3 is 2.57 bits per heavy atom. The number of ether oxygens (including phenoxy) is 1. The minimum atomic E-state index is -0.489. The first kappa shape index (κ1) is 16.0. The van der Waals surface area contributed by atoms with Crippen molar-refractivity contribution in [3.63, 3.8) is 0 Å². The molecule has 1 aliphatic heterocycles. The maximum absolute atomic E-state index is 11.7. The van der Waals surface area contributed by atoms with Crippen LogP contribution < -0.4 is 0 Å². The summed E-state index contributed by atoms with van der Waals surface area (Å²) in [7, 11) is 0. The van der Waals surface area contributed by atoms with Crippen molar-refractivity contribution >= 4 is 5.97 Å². The molecule has 3 heteroatoms. The second-order valence-electron chi connectivity index (χ2n) is 6.30. The van der Waals surface area contributed by atoms with E-state index >= 15 is 0 Å². The number of piperidine rings is 1. The number of hydrogen-bond donors (Lipinski definition) is 0. The minimum absolute atomic E-state index is 0.193. The summed E-state index contributed by atoms with van der Waals surface area (Å²) in [5.41, 5.74) is 0.632. The van der Waals surface area contributed by atoms with Crippen LogP contribution in [0.3, 0.4) is 0 Å². The number of likely N-dealkylation sites (tertiary alicyclic amines) is 1. The number of benzene rings is 1. The fraction of sp³-hybridized carbons (Fsp3) is 0.611. The number of esters is 1. The van der Waals surface area contributed by atoms with Gasteiger partial charge in [0.15, 0.2) is 0 Å². The standard InChI is InChI=1S/C18H27NO2/c1-5-11-19-13-14(2)18(12-15(19)3,21-16(4)20)17-9-7-6-8-10-17/h6-10,14-15H,5,11-13H2,1-4H3/t14-,15+,18+/m0/s1. The van der Waals surface area contributed by atoms with Gasteiger partial charge in [0.05, 0.1) is 0 Å². The Morgan fingerprint density at radius 1 is 1.33 bits per heavy atom. The van der Waals surface area contributed by atoms with E-state index in [4.69, 9.17) is 4.74 Å². The molecule has 0 N–H and O–H groups in total. The molecule has 1 fully saturated rings. The van der Waals surface area contributed by atoms with Gasteiger partial charge in [-0.15, -0.1) is 0 Å². The summed E-state index contributed by atoms with van der Waals surface area (Å²) in [6, 6.07) is 10.6. The van der Waals surface area contributed by atoms with E-state index in [-0.39, 0.29) is 11.9 Å². The van der Waals surface area contributed by atoms with Gasteiger partial charge in [-0.2, -0.15) is 0 Å². The van der Waals surface area contributed by atoms with E-state index in [0.717, 1.165) is 31.5 Å². The zero-order valence-electron chi connectivity index (χ0n) is 13.6. The quantitative estimate of drug-likeness (QED) is 0.793. The SMILES string of the molecule is CCCN1C[C@H](C)[C@@](OC(C)=O)(c2ccccc2)C[C@H]1C. The van der Waals surface area contributed by atoms with Crippen LogP contribution in [0.2, 0.25) is 0 Å². The van der Waals surface area contributed by atoms with Gasteiger partial charge in [0.25, 0.3) is 0 Å². The zero-order valence-corrected chi connectivity index (χ0v) is 13.6. The molecule has 1 aromatic rings. The Bertz CT molecular complexity index is 473. The highest BCUT2D eigenvalue weighted by Crippen LogP contribution is 2.43. The molecule has 21 heavy (non-hydrogen) atoms. The third-order valence-corrected chi connectivity index (χ3v) is 4.63. The van der Waals surface area contributed by atoms with Crippen LogP contribution in [0.1, 0.15) is 46.1 Å². The van der Waals surface area contributed by atoms with Gasteiger partial charge >= 0.3 is 5.97 Å². The third-order valence-electron chi connectivity index (χ3n) is 4.63. The Hall–Kier alpha value is -1.35. The summed E-state index contributed by atoms with van der Waals surface area (Å²) in [6.07, 6.45) is 2.01. The summed E-state index contributed by atoms with van der Waals surface area (Å²) in [5, 5.41) is 0. The molecular formula is C18H27NO2. The summed E-state index contributed by atoms with van der Waals surface area (Å²) in [4.78, 5) is 14.2. The van der Waals surface area contributed by atoms with Crippen LogP contribution in [0, 0.1) is 5.92 Å². The van der Waals surface area contributed by atoms with Gasteiger partial charge in [0, 0.05) is 31.8 Å². The summed E-state index contributed by atoms with van der Waals surface area (Å²) >= 11 is 0. The Kier molecular flexibility index (Phi) is 5.04. The molecule has 1 aromatic carbocycles. The molecule has 0 unspecified atom stereocenters. The fourth-order valence-electron chi connectivity index (χ4n) is 3.63. The maximum Gasteiger partial charge on any atom is 0.303 e. The molecular weight excluding hydrogens is 262 g/mol. The minimum Gasteiger partial charge on any atom is -0.454 e. The molecule has 2 rings (SSSR count). The largest absolute Gasteiger partial charge is 0.454 e. The normalized spacial score (nSPS) is 30.1. The molecule has 0 radical (unpaired) electrons. The van der Waals surface area contributed by atoms with E-state index in [9.17, 15) is 4.79 Å². The molecule has 0 aromatic heterocycles. The molecule has 3 nitrogen and oxygen atoms in total. The predicted octanol–water partition coefficient (Wildman–Crippen LogP) is 3.59. The van der Waals surface area contributed by atoms with E-state index in [1.807, 2.05) is 18.2 Å². The van der Waals surface area contributed by atoms with Crippen LogP contribution >= 0.6 is 0 Å². The van der Waals surface area contributed by atoms with Gasteiger partial charge in [0.2, 0.25) is 0 Å².